The Bertz CT molecular complexity index is 843. The molecule has 2 aliphatic carbocycles. The van der Waals surface area contributed by atoms with Crippen molar-refractivity contribution in [2.24, 2.45) is 0 Å². The molecule has 0 fully saturated rings. The van der Waals surface area contributed by atoms with E-state index in [1.54, 1.807) is 6.07 Å². The highest BCUT2D eigenvalue weighted by molar-refractivity contribution is 5.91. The molecule has 26 heavy (non-hydrogen) atoms. The van der Waals surface area contributed by atoms with Crippen molar-refractivity contribution in [1.29, 1.82) is 0 Å². The van der Waals surface area contributed by atoms with Crippen molar-refractivity contribution in [2.75, 3.05) is 6.61 Å². The first-order valence-corrected chi connectivity index (χ1v) is 9.37. The lowest BCUT2D eigenvalue weighted by Gasteiger charge is -2.26. The van der Waals surface area contributed by atoms with Crippen LogP contribution >= 0.6 is 0 Å². The van der Waals surface area contributed by atoms with E-state index >= 15 is 0 Å². The smallest absolute Gasteiger partial charge is 0.338 e. The van der Waals surface area contributed by atoms with Gasteiger partial charge in [-0.15, -0.1) is 0 Å². The number of fused-ring (bicyclic) bond motifs is 2. The Morgan fingerprint density at radius 1 is 0.962 bits per heavy atom. The summed E-state index contributed by atoms with van der Waals surface area (Å²) in [5.74, 6) is -0.680. The molecule has 2 aromatic rings. The van der Waals surface area contributed by atoms with Crippen LogP contribution in [-0.2, 0) is 28.8 Å². The van der Waals surface area contributed by atoms with E-state index in [-0.39, 0.29) is 18.6 Å². The maximum absolute atomic E-state index is 12.3. The molecule has 1 atom stereocenters. The van der Waals surface area contributed by atoms with E-state index in [4.69, 9.17) is 4.74 Å². The van der Waals surface area contributed by atoms with Crippen LogP contribution in [0.5, 0.6) is 0 Å². The summed E-state index contributed by atoms with van der Waals surface area (Å²) >= 11 is 0. The predicted octanol–water partition coefficient (Wildman–Crippen LogP) is 3.53. The lowest BCUT2D eigenvalue weighted by molar-refractivity contribution is -0.125. The molecule has 0 aliphatic heterocycles. The highest BCUT2D eigenvalue weighted by Crippen LogP contribution is 2.29. The fourth-order valence-corrected chi connectivity index (χ4v) is 4.05. The van der Waals surface area contributed by atoms with Gasteiger partial charge in [0.05, 0.1) is 11.6 Å². The van der Waals surface area contributed by atoms with E-state index in [1.807, 2.05) is 24.3 Å². The second kappa shape index (κ2) is 7.32. The minimum Gasteiger partial charge on any atom is -0.452 e. The molecule has 4 nitrogen and oxygen atoms in total. The molecular formula is C22H23NO3. The van der Waals surface area contributed by atoms with Crippen LogP contribution in [0.3, 0.4) is 0 Å². The molecule has 1 N–H and O–H groups in total. The third kappa shape index (κ3) is 3.50. The number of rotatable bonds is 4. The Balaban J connectivity index is 1.34. The van der Waals surface area contributed by atoms with Gasteiger partial charge in [-0.2, -0.15) is 0 Å². The summed E-state index contributed by atoms with van der Waals surface area (Å²) in [5, 5.41) is 3.01. The van der Waals surface area contributed by atoms with Gasteiger partial charge < -0.3 is 10.1 Å². The molecule has 0 radical (unpaired) electrons. The molecule has 1 amide bonds. The minimum absolute atomic E-state index is 0.00569. The largest absolute Gasteiger partial charge is 0.452 e. The predicted molar refractivity (Wildman–Crippen MR) is 99.0 cm³/mol. The Labute approximate surface area is 153 Å². The zero-order valence-corrected chi connectivity index (χ0v) is 14.8. The third-order valence-corrected chi connectivity index (χ3v) is 5.37. The number of amides is 1. The van der Waals surface area contributed by atoms with E-state index in [9.17, 15) is 9.59 Å². The molecular weight excluding hydrogens is 326 g/mol. The Hall–Kier alpha value is -2.62. The average Bonchev–Trinajstić information content (AvgIpc) is 3.14. The van der Waals surface area contributed by atoms with Crippen LogP contribution in [-0.4, -0.2) is 18.5 Å². The van der Waals surface area contributed by atoms with Gasteiger partial charge in [-0.1, -0.05) is 30.3 Å². The summed E-state index contributed by atoms with van der Waals surface area (Å²) in [4.78, 5) is 24.5. The zero-order valence-electron chi connectivity index (χ0n) is 14.8. The number of esters is 1. The number of carbonyl (C=O) groups is 2. The van der Waals surface area contributed by atoms with Crippen LogP contribution < -0.4 is 5.32 Å². The number of benzene rings is 2. The van der Waals surface area contributed by atoms with Gasteiger partial charge in [-0.25, -0.2) is 4.79 Å². The van der Waals surface area contributed by atoms with Crippen molar-refractivity contribution in [1.82, 2.24) is 5.32 Å². The second-order valence-electron chi connectivity index (χ2n) is 7.12. The number of nitrogens with one attached hydrogen (secondary N) is 1. The second-order valence-corrected chi connectivity index (χ2v) is 7.12. The molecule has 0 unspecified atom stereocenters. The van der Waals surface area contributed by atoms with Crippen LogP contribution in [0.15, 0.2) is 42.5 Å². The molecule has 0 saturated carbocycles. The Morgan fingerprint density at radius 2 is 1.77 bits per heavy atom. The van der Waals surface area contributed by atoms with Crippen molar-refractivity contribution < 1.29 is 14.3 Å². The van der Waals surface area contributed by atoms with Crippen molar-refractivity contribution in [3.63, 3.8) is 0 Å². The van der Waals surface area contributed by atoms with Crippen molar-refractivity contribution in [2.45, 2.75) is 44.6 Å². The molecule has 0 bridgehead atoms. The number of ether oxygens (including phenoxy) is 1. The fraction of sp³-hybridized carbons (Fsp3) is 0.364. The first-order chi connectivity index (χ1) is 12.7. The average molecular weight is 349 g/mol. The lowest BCUT2D eigenvalue weighted by atomic mass is 9.88. The SMILES string of the molecule is O=C(COC(=O)c1ccc2c(c1)CCC2)N[C@@H]1CCCc2ccccc21. The van der Waals surface area contributed by atoms with Gasteiger partial charge in [0.1, 0.15) is 0 Å². The van der Waals surface area contributed by atoms with Gasteiger partial charge in [0.15, 0.2) is 6.61 Å². The van der Waals surface area contributed by atoms with Gasteiger partial charge in [0.2, 0.25) is 0 Å². The number of hydrogen-bond acceptors (Lipinski definition) is 3. The fourth-order valence-electron chi connectivity index (χ4n) is 4.05. The van der Waals surface area contributed by atoms with E-state index in [0.717, 1.165) is 38.5 Å². The van der Waals surface area contributed by atoms with Gasteiger partial charge in [0, 0.05) is 0 Å². The molecule has 2 aliphatic rings. The molecule has 2 aromatic carbocycles. The topological polar surface area (TPSA) is 55.4 Å². The van der Waals surface area contributed by atoms with E-state index in [1.165, 1.54) is 22.3 Å². The van der Waals surface area contributed by atoms with Crippen LogP contribution in [0.2, 0.25) is 0 Å². The summed E-state index contributed by atoms with van der Waals surface area (Å²) in [7, 11) is 0. The first kappa shape index (κ1) is 16.8. The summed E-state index contributed by atoms with van der Waals surface area (Å²) in [6.07, 6.45) is 6.25. The van der Waals surface area contributed by atoms with Gasteiger partial charge >= 0.3 is 5.97 Å². The Kier molecular flexibility index (Phi) is 4.74. The highest BCUT2D eigenvalue weighted by atomic mass is 16.5. The minimum atomic E-state index is -0.432. The molecule has 0 saturated heterocycles. The van der Waals surface area contributed by atoms with Crippen LogP contribution in [0.25, 0.3) is 0 Å². The van der Waals surface area contributed by atoms with Crippen molar-refractivity contribution in [3.05, 3.63) is 70.3 Å². The van der Waals surface area contributed by atoms with E-state index in [0.29, 0.717) is 5.56 Å². The molecule has 4 heteroatoms. The molecule has 4 rings (SSSR count). The zero-order chi connectivity index (χ0) is 17.9. The number of carbonyl (C=O) groups excluding carboxylic acids is 2. The van der Waals surface area contributed by atoms with Crippen LogP contribution in [0, 0.1) is 0 Å². The third-order valence-electron chi connectivity index (χ3n) is 5.37. The number of aryl methyl sites for hydroxylation is 3. The lowest BCUT2D eigenvalue weighted by Crippen LogP contribution is -2.34. The standard InChI is InChI=1S/C22H23NO3/c24-21(23-20-10-4-7-16-5-1-2-9-19(16)20)14-26-22(25)18-12-11-15-6-3-8-17(15)13-18/h1-2,5,9,11-13,20H,3-4,6-8,10,14H2,(H,23,24)/t20-/m1/s1. The Morgan fingerprint density at radius 3 is 2.69 bits per heavy atom. The summed E-state index contributed by atoms with van der Waals surface area (Å²) in [6, 6.07) is 13.9. The van der Waals surface area contributed by atoms with Gasteiger partial charge in [-0.3, -0.25) is 4.79 Å². The summed E-state index contributed by atoms with van der Waals surface area (Å²) in [6.45, 7) is -0.241. The molecule has 0 heterocycles. The maximum atomic E-state index is 12.3. The molecule has 0 aromatic heterocycles. The van der Waals surface area contributed by atoms with Crippen molar-refractivity contribution >= 4 is 11.9 Å². The van der Waals surface area contributed by atoms with Gasteiger partial charge in [0.25, 0.3) is 5.91 Å². The van der Waals surface area contributed by atoms with Crippen LogP contribution in [0.4, 0.5) is 0 Å². The number of hydrogen-bond donors (Lipinski definition) is 1. The maximum Gasteiger partial charge on any atom is 0.338 e. The summed E-state index contributed by atoms with van der Waals surface area (Å²) in [5.41, 5.74) is 5.54. The van der Waals surface area contributed by atoms with E-state index < -0.39 is 5.97 Å². The summed E-state index contributed by atoms with van der Waals surface area (Å²) < 4.78 is 5.23. The van der Waals surface area contributed by atoms with E-state index in [2.05, 4.69) is 17.4 Å². The quantitative estimate of drug-likeness (QED) is 0.859. The van der Waals surface area contributed by atoms with Gasteiger partial charge in [-0.05, 0) is 72.9 Å². The first-order valence-electron chi connectivity index (χ1n) is 9.37. The molecule has 0 spiro atoms. The van der Waals surface area contributed by atoms with Crippen LogP contribution in [0.1, 0.15) is 57.9 Å². The monoisotopic (exact) mass is 349 g/mol. The highest BCUT2D eigenvalue weighted by Gasteiger charge is 2.22. The molecule has 134 valence electrons. The normalized spacial score (nSPS) is 17.9. The van der Waals surface area contributed by atoms with Crippen molar-refractivity contribution in [3.8, 4) is 0 Å².